The second kappa shape index (κ2) is 5.87. The van der Waals surface area contributed by atoms with Crippen LogP contribution in [0.1, 0.15) is 25.8 Å². The summed E-state index contributed by atoms with van der Waals surface area (Å²) in [6.07, 6.45) is -4.87. The number of aryl methyl sites for hydroxylation is 1. The van der Waals surface area contributed by atoms with Gasteiger partial charge in [-0.05, 0) is 38.3 Å². The van der Waals surface area contributed by atoms with Gasteiger partial charge < -0.3 is 0 Å². The van der Waals surface area contributed by atoms with E-state index in [1.807, 2.05) is 0 Å². The third kappa shape index (κ3) is 3.58. The molecule has 0 spiro atoms. The Morgan fingerprint density at radius 1 is 1.32 bits per heavy atom. The van der Waals surface area contributed by atoms with Gasteiger partial charge in [0.15, 0.2) is 0 Å². The predicted molar refractivity (Wildman–Crippen MR) is 73.2 cm³/mol. The molecule has 1 aliphatic heterocycles. The number of alkyl halides is 3. The number of nitrogens with zero attached hydrogens (tertiary/aromatic N) is 1. The van der Waals surface area contributed by atoms with Crippen LogP contribution >= 0.6 is 0 Å². The maximum atomic E-state index is 13.5. The first-order chi connectivity index (χ1) is 10.1. The van der Waals surface area contributed by atoms with E-state index in [0.29, 0.717) is 0 Å². The molecule has 0 radical (unpaired) electrons. The molecule has 0 aliphatic carbocycles. The van der Waals surface area contributed by atoms with Crippen molar-refractivity contribution >= 4 is 5.91 Å². The Hall–Kier alpha value is -1.63. The monoisotopic (exact) mass is 318 g/mol. The van der Waals surface area contributed by atoms with Crippen molar-refractivity contribution in [1.29, 1.82) is 0 Å². The lowest BCUT2D eigenvalue weighted by Crippen LogP contribution is -2.50. The van der Waals surface area contributed by atoms with E-state index < -0.39 is 29.4 Å². The molecule has 1 aliphatic rings. The number of benzene rings is 1. The summed E-state index contributed by atoms with van der Waals surface area (Å²) in [5, 5.41) is 0.920. The number of hydrogen-bond acceptors (Lipinski definition) is 2. The molecular formula is C15H18F4N2O. The van der Waals surface area contributed by atoms with Crippen molar-refractivity contribution in [2.24, 2.45) is 5.41 Å². The van der Waals surface area contributed by atoms with Crippen LogP contribution in [0.4, 0.5) is 17.6 Å². The number of hydrazine groups is 1. The summed E-state index contributed by atoms with van der Waals surface area (Å²) >= 11 is 0. The molecule has 22 heavy (non-hydrogen) atoms. The summed E-state index contributed by atoms with van der Waals surface area (Å²) in [7, 11) is 0. The average Bonchev–Trinajstić information content (AvgIpc) is 2.64. The first-order valence-electron chi connectivity index (χ1n) is 6.99. The fourth-order valence-corrected chi connectivity index (χ4v) is 2.50. The van der Waals surface area contributed by atoms with E-state index in [-0.39, 0.29) is 24.9 Å². The van der Waals surface area contributed by atoms with Gasteiger partial charge in [-0.3, -0.25) is 10.2 Å². The maximum Gasteiger partial charge on any atom is 0.405 e. The van der Waals surface area contributed by atoms with Gasteiger partial charge in [0.2, 0.25) is 5.91 Å². The molecule has 3 nitrogen and oxygen atoms in total. The molecule has 1 N–H and O–H groups in total. The topological polar surface area (TPSA) is 32.3 Å². The Kier molecular flexibility index (Phi) is 4.47. The average molecular weight is 318 g/mol. The molecule has 1 aromatic carbocycles. The van der Waals surface area contributed by atoms with Crippen molar-refractivity contribution in [3.63, 3.8) is 0 Å². The van der Waals surface area contributed by atoms with Crippen LogP contribution in [0.2, 0.25) is 0 Å². The van der Waals surface area contributed by atoms with Crippen molar-refractivity contribution in [3.8, 4) is 0 Å². The molecule has 1 aromatic rings. The van der Waals surface area contributed by atoms with E-state index in [9.17, 15) is 22.4 Å². The van der Waals surface area contributed by atoms with E-state index in [2.05, 4.69) is 5.43 Å². The van der Waals surface area contributed by atoms with Gasteiger partial charge >= 0.3 is 6.18 Å². The van der Waals surface area contributed by atoms with Gasteiger partial charge in [0.05, 0.1) is 5.41 Å². The molecule has 0 unspecified atom stereocenters. The Bertz CT molecular complexity index is 557. The van der Waals surface area contributed by atoms with Crippen molar-refractivity contribution in [2.75, 3.05) is 6.54 Å². The second-order valence-corrected chi connectivity index (χ2v) is 6.14. The highest BCUT2D eigenvalue weighted by Gasteiger charge is 2.49. The highest BCUT2D eigenvalue weighted by atomic mass is 19.4. The minimum Gasteiger partial charge on any atom is -0.288 e. The van der Waals surface area contributed by atoms with Gasteiger partial charge in [-0.15, -0.1) is 0 Å². The molecule has 1 atom stereocenters. The highest BCUT2D eigenvalue weighted by Crippen LogP contribution is 2.33. The number of halogens is 4. The SMILES string of the molecule is CC1(C)CN([C@@H](CCc2ccccc2F)C(F)(F)F)NC1=O. The summed E-state index contributed by atoms with van der Waals surface area (Å²) in [5.41, 5.74) is 1.65. The molecule has 122 valence electrons. The number of carbonyl (C=O) groups excluding carboxylic acids is 1. The molecule has 1 saturated heterocycles. The van der Waals surface area contributed by atoms with Crippen LogP contribution in [-0.4, -0.2) is 29.7 Å². The quantitative estimate of drug-likeness (QED) is 0.866. The normalized spacial score (nSPS) is 20.0. The van der Waals surface area contributed by atoms with Crippen LogP contribution in [0.15, 0.2) is 24.3 Å². The van der Waals surface area contributed by atoms with E-state index >= 15 is 0 Å². The van der Waals surface area contributed by atoms with Crippen LogP contribution in [0.5, 0.6) is 0 Å². The minimum absolute atomic E-state index is 0.0344. The molecule has 7 heteroatoms. The lowest BCUT2D eigenvalue weighted by Gasteiger charge is -2.29. The summed E-state index contributed by atoms with van der Waals surface area (Å²) in [4.78, 5) is 11.7. The van der Waals surface area contributed by atoms with Crippen molar-refractivity contribution < 1.29 is 22.4 Å². The number of carbonyl (C=O) groups is 1. The van der Waals surface area contributed by atoms with Crippen molar-refractivity contribution in [1.82, 2.24) is 10.4 Å². The maximum absolute atomic E-state index is 13.5. The van der Waals surface area contributed by atoms with Gasteiger partial charge in [0, 0.05) is 6.54 Å². The summed E-state index contributed by atoms with van der Waals surface area (Å²) in [5.74, 6) is -0.957. The Balaban J connectivity index is 2.12. The summed E-state index contributed by atoms with van der Waals surface area (Å²) in [6.45, 7) is 3.15. The van der Waals surface area contributed by atoms with Gasteiger partial charge in [-0.1, -0.05) is 18.2 Å². The Morgan fingerprint density at radius 3 is 2.45 bits per heavy atom. The number of rotatable bonds is 4. The van der Waals surface area contributed by atoms with Crippen molar-refractivity contribution in [3.05, 3.63) is 35.6 Å². The molecule has 0 aromatic heterocycles. The zero-order valence-corrected chi connectivity index (χ0v) is 12.4. The minimum atomic E-state index is -4.50. The zero-order chi connectivity index (χ0) is 16.5. The van der Waals surface area contributed by atoms with E-state index in [1.54, 1.807) is 19.9 Å². The third-order valence-electron chi connectivity index (χ3n) is 3.82. The van der Waals surface area contributed by atoms with Gasteiger partial charge in [-0.25, -0.2) is 9.40 Å². The highest BCUT2D eigenvalue weighted by molar-refractivity contribution is 5.83. The van der Waals surface area contributed by atoms with Gasteiger partial charge in [-0.2, -0.15) is 13.2 Å². The summed E-state index contributed by atoms with van der Waals surface area (Å²) < 4.78 is 53.3. The molecule has 1 amide bonds. The molecular weight excluding hydrogens is 300 g/mol. The molecule has 0 saturated carbocycles. The van der Waals surface area contributed by atoms with E-state index in [1.165, 1.54) is 18.2 Å². The first-order valence-corrected chi connectivity index (χ1v) is 6.99. The van der Waals surface area contributed by atoms with Crippen LogP contribution in [0.25, 0.3) is 0 Å². The van der Waals surface area contributed by atoms with Crippen molar-refractivity contribution in [2.45, 2.75) is 38.9 Å². The zero-order valence-electron chi connectivity index (χ0n) is 12.4. The smallest absolute Gasteiger partial charge is 0.288 e. The number of nitrogens with one attached hydrogen (secondary N) is 1. The van der Waals surface area contributed by atoms with Crippen LogP contribution in [0.3, 0.4) is 0 Å². The first kappa shape index (κ1) is 16.7. The Labute approximate surface area is 126 Å². The second-order valence-electron chi connectivity index (χ2n) is 6.14. The molecule has 0 bridgehead atoms. The van der Waals surface area contributed by atoms with E-state index in [0.717, 1.165) is 5.01 Å². The Morgan fingerprint density at radius 2 is 1.95 bits per heavy atom. The lowest BCUT2D eigenvalue weighted by molar-refractivity contribution is -0.190. The van der Waals surface area contributed by atoms with Gasteiger partial charge in [0.1, 0.15) is 11.9 Å². The fraction of sp³-hybridized carbons (Fsp3) is 0.533. The molecule has 1 fully saturated rings. The number of hydrogen-bond donors (Lipinski definition) is 1. The lowest BCUT2D eigenvalue weighted by atomic mass is 9.94. The van der Waals surface area contributed by atoms with Crippen LogP contribution in [-0.2, 0) is 11.2 Å². The molecule has 2 rings (SSSR count). The largest absolute Gasteiger partial charge is 0.405 e. The van der Waals surface area contributed by atoms with Crippen LogP contribution in [0, 0.1) is 11.2 Å². The summed E-state index contributed by atoms with van der Waals surface area (Å²) in [6, 6.07) is 3.93. The third-order valence-corrected chi connectivity index (χ3v) is 3.82. The fourth-order valence-electron chi connectivity index (χ4n) is 2.50. The van der Waals surface area contributed by atoms with Gasteiger partial charge in [0.25, 0.3) is 0 Å². The predicted octanol–water partition coefficient (Wildman–Crippen LogP) is 3.06. The molecule has 1 heterocycles. The number of amides is 1. The standard InChI is InChI=1S/C15H18F4N2O/c1-14(2)9-21(20-13(14)22)12(15(17,18)19)8-7-10-5-3-4-6-11(10)16/h3-6,12H,7-9H2,1-2H3,(H,20,22)/t12-/m0/s1. The van der Waals surface area contributed by atoms with Crippen LogP contribution < -0.4 is 5.43 Å². The van der Waals surface area contributed by atoms with E-state index in [4.69, 9.17) is 0 Å².